The Kier molecular flexibility index (Phi) is 3.05. The van der Waals surface area contributed by atoms with E-state index < -0.39 is 0 Å². The minimum Gasteiger partial charge on any atom is -0.338 e. The van der Waals surface area contributed by atoms with Crippen LogP contribution in [-0.2, 0) is 0 Å². The molecule has 0 spiro atoms. The zero-order valence-corrected chi connectivity index (χ0v) is 9.44. The highest BCUT2D eigenvalue weighted by atomic mass is 16.5. The highest BCUT2D eigenvalue weighted by Crippen LogP contribution is 2.34. The zero-order chi connectivity index (χ0) is 10.8. The molecule has 4 heteroatoms. The summed E-state index contributed by atoms with van der Waals surface area (Å²) >= 11 is 0. The van der Waals surface area contributed by atoms with Crippen molar-refractivity contribution in [3.8, 4) is 0 Å². The number of nitrogens with two attached hydrogens (primary N) is 1. The van der Waals surface area contributed by atoms with Crippen LogP contribution in [0.1, 0.15) is 63.2 Å². The Morgan fingerprint density at radius 1 is 1.33 bits per heavy atom. The molecule has 15 heavy (non-hydrogen) atoms. The molecule has 1 fully saturated rings. The van der Waals surface area contributed by atoms with E-state index in [4.69, 9.17) is 10.3 Å². The lowest BCUT2D eigenvalue weighted by atomic mass is 9.83. The number of hydrogen-bond acceptors (Lipinski definition) is 4. The van der Waals surface area contributed by atoms with Crippen LogP contribution in [0.15, 0.2) is 4.52 Å². The first-order valence-corrected chi connectivity index (χ1v) is 5.76. The van der Waals surface area contributed by atoms with Crippen LogP contribution >= 0.6 is 0 Å². The predicted molar refractivity (Wildman–Crippen MR) is 57.3 cm³/mol. The standard InChI is InChI=1S/C11H19N3O/c1-7-3-5-9(6-4-7)10-13-11(8(2)12)15-14-10/h7-9H,3-6,12H2,1-2H3/t7?,8-,9?/m0/s1. The van der Waals surface area contributed by atoms with Gasteiger partial charge in [0.1, 0.15) is 0 Å². The van der Waals surface area contributed by atoms with Gasteiger partial charge in [0, 0.05) is 5.92 Å². The highest BCUT2D eigenvalue weighted by molar-refractivity contribution is 4.98. The van der Waals surface area contributed by atoms with E-state index in [2.05, 4.69) is 17.1 Å². The molecule has 2 N–H and O–H groups in total. The smallest absolute Gasteiger partial charge is 0.243 e. The number of nitrogens with zero attached hydrogens (tertiary/aromatic N) is 2. The van der Waals surface area contributed by atoms with Crippen molar-refractivity contribution in [2.45, 2.75) is 51.5 Å². The summed E-state index contributed by atoms with van der Waals surface area (Å²) in [5.74, 6) is 2.75. The molecule has 84 valence electrons. The molecule has 1 aliphatic carbocycles. The quantitative estimate of drug-likeness (QED) is 0.812. The van der Waals surface area contributed by atoms with E-state index in [0.717, 1.165) is 11.7 Å². The molecule has 0 amide bonds. The van der Waals surface area contributed by atoms with Gasteiger partial charge in [-0.05, 0) is 25.7 Å². The molecule has 0 saturated heterocycles. The summed E-state index contributed by atoms with van der Waals surface area (Å²) in [5.41, 5.74) is 5.68. The van der Waals surface area contributed by atoms with Crippen molar-refractivity contribution in [2.24, 2.45) is 11.7 Å². The molecular formula is C11H19N3O. The van der Waals surface area contributed by atoms with Crippen molar-refractivity contribution >= 4 is 0 Å². The maximum atomic E-state index is 5.68. The Labute approximate surface area is 90.2 Å². The summed E-state index contributed by atoms with van der Waals surface area (Å²) in [6, 6.07) is -0.159. The van der Waals surface area contributed by atoms with E-state index in [1.165, 1.54) is 25.7 Å². The molecule has 1 aromatic rings. The maximum Gasteiger partial charge on any atom is 0.243 e. The summed E-state index contributed by atoms with van der Waals surface area (Å²) < 4.78 is 5.12. The van der Waals surface area contributed by atoms with Gasteiger partial charge in [0.25, 0.3) is 0 Å². The second-order valence-electron chi connectivity index (χ2n) is 4.74. The SMILES string of the molecule is CC1CCC(c2noc([C@H](C)N)n2)CC1. The van der Waals surface area contributed by atoms with Crippen LogP contribution in [0.3, 0.4) is 0 Å². The zero-order valence-electron chi connectivity index (χ0n) is 9.44. The van der Waals surface area contributed by atoms with Crippen LogP contribution in [0.5, 0.6) is 0 Å². The third-order valence-electron chi connectivity index (χ3n) is 3.23. The van der Waals surface area contributed by atoms with Crippen molar-refractivity contribution in [3.05, 3.63) is 11.7 Å². The minimum absolute atomic E-state index is 0.159. The Morgan fingerprint density at radius 2 is 2.00 bits per heavy atom. The summed E-state index contributed by atoms with van der Waals surface area (Å²) in [4.78, 5) is 4.36. The molecule has 1 aliphatic rings. The lowest BCUT2D eigenvalue weighted by Gasteiger charge is -2.23. The van der Waals surface area contributed by atoms with Gasteiger partial charge in [-0.1, -0.05) is 24.9 Å². The summed E-state index contributed by atoms with van der Waals surface area (Å²) in [7, 11) is 0. The van der Waals surface area contributed by atoms with Crippen molar-refractivity contribution in [1.29, 1.82) is 0 Å². The fourth-order valence-corrected chi connectivity index (χ4v) is 2.12. The first-order valence-electron chi connectivity index (χ1n) is 5.76. The Morgan fingerprint density at radius 3 is 2.53 bits per heavy atom. The lowest BCUT2D eigenvalue weighted by Crippen LogP contribution is -2.12. The van der Waals surface area contributed by atoms with Crippen LogP contribution < -0.4 is 5.73 Å². The number of aromatic nitrogens is 2. The summed E-state index contributed by atoms with van der Waals surface area (Å²) in [6.07, 6.45) is 4.90. The van der Waals surface area contributed by atoms with Crippen LogP contribution in [0.4, 0.5) is 0 Å². The average molecular weight is 209 g/mol. The van der Waals surface area contributed by atoms with E-state index in [1.807, 2.05) is 6.92 Å². The molecule has 0 unspecified atom stereocenters. The van der Waals surface area contributed by atoms with Gasteiger partial charge in [-0.3, -0.25) is 0 Å². The molecule has 0 aromatic carbocycles. The molecular weight excluding hydrogens is 190 g/mol. The second kappa shape index (κ2) is 4.31. The maximum absolute atomic E-state index is 5.68. The molecule has 1 atom stereocenters. The van der Waals surface area contributed by atoms with Gasteiger partial charge in [-0.25, -0.2) is 0 Å². The van der Waals surface area contributed by atoms with Crippen molar-refractivity contribution in [3.63, 3.8) is 0 Å². The Bertz CT molecular complexity index is 313. The average Bonchev–Trinajstić information content (AvgIpc) is 2.68. The molecule has 2 rings (SSSR count). The van der Waals surface area contributed by atoms with Crippen molar-refractivity contribution < 1.29 is 4.52 Å². The highest BCUT2D eigenvalue weighted by Gasteiger charge is 2.24. The van der Waals surface area contributed by atoms with Crippen molar-refractivity contribution in [1.82, 2.24) is 10.1 Å². The second-order valence-corrected chi connectivity index (χ2v) is 4.74. The van der Waals surface area contributed by atoms with Crippen LogP contribution in [0.25, 0.3) is 0 Å². The van der Waals surface area contributed by atoms with E-state index >= 15 is 0 Å². The molecule has 1 aromatic heterocycles. The topological polar surface area (TPSA) is 64.9 Å². The minimum atomic E-state index is -0.159. The number of hydrogen-bond donors (Lipinski definition) is 1. The van der Waals surface area contributed by atoms with Gasteiger partial charge in [0.15, 0.2) is 5.82 Å². The monoisotopic (exact) mass is 209 g/mol. The van der Waals surface area contributed by atoms with Crippen LogP contribution in [0.2, 0.25) is 0 Å². The van der Waals surface area contributed by atoms with Crippen LogP contribution in [0, 0.1) is 5.92 Å². The van der Waals surface area contributed by atoms with E-state index in [-0.39, 0.29) is 6.04 Å². The van der Waals surface area contributed by atoms with Gasteiger partial charge in [-0.2, -0.15) is 4.98 Å². The third-order valence-corrected chi connectivity index (χ3v) is 3.23. The van der Waals surface area contributed by atoms with E-state index in [0.29, 0.717) is 11.8 Å². The molecule has 4 nitrogen and oxygen atoms in total. The van der Waals surface area contributed by atoms with E-state index in [1.54, 1.807) is 0 Å². The van der Waals surface area contributed by atoms with Gasteiger partial charge in [0.2, 0.25) is 5.89 Å². The normalized spacial score (nSPS) is 29.0. The predicted octanol–water partition coefficient (Wildman–Crippen LogP) is 2.38. The van der Waals surface area contributed by atoms with Crippen molar-refractivity contribution in [2.75, 3.05) is 0 Å². The molecule has 0 bridgehead atoms. The van der Waals surface area contributed by atoms with Gasteiger partial charge < -0.3 is 10.3 Å². The molecule has 0 aliphatic heterocycles. The first kappa shape index (κ1) is 10.6. The Balaban J connectivity index is 2.03. The first-order chi connectivity index (χ1) is 7.16. The fraction of sp³-hybridized carbons (Fsp3) is 0.818. The Hall–Kier alpha value is -0.900. The van der Waals surface area contributed by atoms with Crippen LogP contribution in [-0.4, -0.2) is 10.1 Å². The lowest BCUT2D eigenvalue weighted by molar-refractivity contribution is 0.321. The molecule has 1 heterocycles. The summed E-state index contributed by atoms with van der Waals surface area (Å²) in [5, 5.41) is 4.02. The fourth-order valence-electron chi connectivity index (χ4n) is 2.12. The molecule has 1 saturated carbocycles. The van der Waals surface area contributed by atoms with Gasteiger partial charge in [0.05, 0.1) is 6.04 Å². The number of rotatable bonds is 2. The van der Waals surface area contributed by atoms with Gasteiger partial charge in [-0.15, -0.1) is 0 Å². The van der Waals surface area contributed by atoms with Gasteiger partial charge >= 0.3 is 0 Å². The molecule has 0 radical (unpaired) electrons. The largest absolute Gasteiger partial charge is 0.338 e. The van der Waals surface area contributed by atoms with E-state index in [9.17, 15) is 0 Å². The third kappa shape index (κ3) is 2.37. The summed E-state index contributed by atoms with van der Waals surface area (Å²) in [6.45, 7) is 4.17.